The molecule has 0 atom stereocenters. The second-order valence-corrected chi connectivity index (χ2v) is 10.0. The average Bonchev–Trinajstić information content (AvgIpc) is 2.67. The third-order valence-corrected chi connectivity index (χ3v) is 6.23. The number of sulfonamides is 1. The molecule has 1 amide bonds. The molecule has 0 heterocycles. The molecule has 0 aliphatic carbocycles. The van der Waals surface area contributed by atoms with Crippen LogP contribution in [-0.2, 0) is 15.4 Å². The van der Waals surface area contributed by atoms with Gasteiger partial charge in [-0.15, -0.1) is 0 Å². The maximum absolute atomic E-state index is 12.4. The summed E-state index contributed by atoms with van der Waals surface area (Å²) in [5.41, 5.74) is 2.30. The number of carbonyl (C=O) groups is 1. The summed E-state index contributed by atoms with van der Waals surface area (Å²) in [6.07, 6.45) is 4.06. The van der Waals surface area contributed by atoms with Crippen LogP contribution in [0, 0.1) is 0 Å². The lowest BCUT2D eigenvalue weighted by Gasteiger charge is -2.19. The minimum atomic E-state index is -3.53. The molecule has 0 aliphatic rings. The largest absolute Gasteiger partial charge is 0.322 e. The van der Waals surface area contributed by atoms with Crippen LogP contribution in [0.3, 0.4) is 0 Å². The third kappa shape index (κ3) is 6.98. The summed E-state index contributed by atoms with van der Waals surface area (Å²) in [5, 5.41) is 2.81. The van der Waals surface area contributed by atoms with Gasteiger partial charge in [0.05, 0.1) is 4.90 Å². The van der Waals surface area contributed by atoms with Crippen molar-refractivity contribution in [2.45, 2.75) is 63.7 Å². The number of nitrogens with one attached hydrogen (secondary N) is 2. The van der Waals surface area contributed by atoms with E-state index in [0.717, 1.165) is 31.2 Å². The van der Waals surface area contributed by atoms with Gasteiger partial charge in [-0.1, -0.05) is 59.1 Å². The molecule has 158 valence electrons. The lowest BCUT2D eigenvalue weighted by Crippen LogP contribution is -2.24. The van der Waals surface area contributed by atoms with Crippen molar-refractivity contribution in [1.82, 2.24) is 4.72 Å². The van der Waals surface area contributed by atoms with E-state index < -0.39 is 10.0 Å². The van der Waals surface area contributed by atoms with Gasteiger partial charge in [0.1, 0.15) is 0 Å². The van der Waals surface area contributed by atoms with E-state index in [4.69, 9.17) is 0 Å². The van der Waals surface area contributed by atoms with Crippen LogP contribution in [0.5, 0.6) is 0 Å². The van der Waals surface area contributed by atoms with Gasteiger partial charge in [-0.3, -0.25) is 4.79 Å². The van der Waals surface area contributed by atoms with E-state index >= 15 is 0 Å². The van der Waals surface area contributed by atoms with Crippen LogP contribution < -0.4 is 10.0 Å². The summed E-state index contributed by atoms with van der Waals surface area (Å²) in [7, 11) is -3.53. The van der Waals surface area contributed by atoms with Crippen molar-refractivity contribution >= 4 is 21.6 Å². The van der Waals surface area contributed by atoms with Gasteiger partial charge in [-0.25, -0.2) is 13.1 Å². The molecule has 0 saturated carbocycles. The molecule has 0 spiro atoms. The minimum absolute atomic E-state index is 0.0281. The molecular formula is C23H32N2O3S. The highest BCUT2D eigenvalue weighted by Crippen LogP contribution is 2.22. The quantitative estimate of drug-likeness (QED) is 0.559. The Balaban J connectivity index is 1.96. The first-order valence-electron chi connectivity index (χ1n) is 10.1. The molecule has 0 unspecified atom stereocenters. The van der Waals surface area contributed by atoms with Gasteiger partial charge >= 0.3 is 0 Å². The lowest BCUT2D eigenvalue weighted by molar-refractivity contribution is 0.102. The van der Waals surface area contributed by atoms with Gasteiger partial charge in [0, 0.05) is 17.8 Å². The zero-order valence-corrected chi connectivity index (χ0v) is 18.6. The van der Waals surface area contributed by atoms with Crippen LogP contribution >= 0.6 is 0 Å². The Morgan fingerprint density at radius 1 is 0.897 bits per heavy atom. The monoisotopic (exact) mass is 416 g/mol. The van der Waals surface area contributed by atoms with Crippen molar-refractivity contribution in [2.24, 2.45) is 0 Å². The molecule has 0 aliphatic heterocycles. The molecule has 5 nitrogen and oxygen atoms in total. The molecule has 0 fully saturated rings. The van der Waals surface area contributed by atoms with Crippen LogP contribution in [0.25, 0.3) is 0 Å². The Bertz CT molecular complexity index is 897. The van der Waals surface area contributed by atoms with Crippen molar-refractivity contribution in [1.29, 1.82) is 0 Å². The summed E-state index contributed by atoms with van der Waals surface area (Å²) < 4.78 is 27.3. The van der Waals surface area contributed by atoms with Crippen molar-refractivity contribution < 1.29 is 13.2 Å². The molecule has 29 heavy (non-hydrogen) atoms. The fourth-order valence-corrected chi connectivity index (χ4v) is 3.96. The molecular weight excluding hydrogens is 384 g/mol. The Morgan fingerprint density at radius 2 is 1.52 bits per heavy atom. The molecule has 0 radical (unpaired) electrons. The number of unbranched alkanes of at least 4 members (excludes halogenated alkanes) is 3. The number of anilines is 1. The highest BCUT2D eigenvalue weighted by atomic mass is 32.2. The van der Waals surface area contributed by atoms with Crippen molar-refractivity contribution in [3.8, 4) is 0 Å². The first-order chi connectivity index (χ1) is 13.6. The van der Waals surface area contributed by atoms with Crippen LogP contribution in [0.1, 0.15) is 69.3 Å². The summed E-state index contributed by atoms with van der Waals surface area (Å²) >= 11 is 0. The smallest absolute Gasteiger partial charge is 0.255 e. The molecule has 2 aromatic rings. The van der Waals surface area contributed by atoms with Crippen molar-refractivity contribution in [3.63, 3.8) is 0 Å². The highest BCUT2D eigenvalue weighted by molar-refractivity contribution is 7.89. The maximum atomic E-state index is 12.4. The second-order valence-electron chi connectivity index (χ2n) is 8.26. The molecule has 6 heteroatoms. The normalized spacial score (nSPS) is 12.0. The number of carbonyl (C=O) groups excluding carboxylic acids is 1. The number of amides is 1. The Kier molecular flexibility index (Phi) is 7.99. The van der Waals surface area contributed by atoms with Crippen LogP contribution in [0.15, 0.2) is 53.4 Å². The van der Waals surface area contributed by atoms with E-state index in [0.29, 0.717) is 17.8 Å². The van der Waals surface area contributed by atoms with E-state index in [1.807, 2.05) is 12.1 Å². The van der Waals surface area contributed by atoms with Crippen molar-refractivity contribution in [3.05, 3.63) is 59.7 Å². The summed E-state index contributed by atoms with van der Waals surface area (Å²) in [6, 6.07) is 13.7. The topological polar surface area (TPSA) is 75.3 Å². The highest BCUT2D eigenvalue weighted by Gasteiger charge is 2.15. The molecule has 2 rings (SSSR count). The van der Waals surface area contributed by atoms with Gasteiger partial charge in [-0.05, 0) is 53.8 Å². The predicted molar refractivity (Wildman–Crippen MR) is 119 cm³/mol. The zero-order chi connectivity index (χ0) is 21.5. The Hall–Kier alpha value is -2.18. The number of hydrogen-bond acceptors (Lipinski definition) is 3. The number of benzene rings is 2. The second kappa shape index (κ2) is 10.0. The van der Waals surface area contributed by atoms with Gasteiger partial charge in [0.15, 0.2) is 0 Å². The van der Waals surface area contributed by atoms with Gasteiger partial charge in [-0.2, -0.15) is 0 Å². The summed E-state index contributed by atoms with van der Waals surface area (Å²) in [6.45, 7) is 8.92. The van der Waals surface area contributed by atoms with E-state index in [1.54, 1.807) is 24.3 Å². The van der Waals surface area contributed by atoms with E-state index in [9.17, 15) is 13.2 Å². The fourth-order valence-electron chi connectivity index (χ4n) is 2.88. The van der Waals surface area contributed by atoms with Gasteiger partial charge in [0.25, 0.3) is 5.91 Å². The molecule has 0 saturated heterocycles. The molecule has 2 aromatic carbocycles. The van der Waals surface area contributed by atoms with Crippen molar-refractivity contribution in [2.75, 3.05) is 11.9 Å². The van der Waals surface area contributed by atoms with Gasteiger partial charge in [0.2, 0.25) is 10.0 Å². The van der Waals surface area contributed by atoms with Crippen LogP contribution in [0.4, 0.5) is 5.69 Å². The van der Waals surface area contributed by atoms with E-state index in [2.05, 4.69) is 37.7 Å². The SMILES string of the molecule is CCCCCCNS(=O)(=O)c1ccc(NC(=O)c2ccc(C(C)(C)C)cc2)cc1. The molecule has 0 bridgehead atoms. The first kappa shape index (κ1) is 23.1. The summed E-state index contributed by atoms with van der Waals surface area (Å²) in [4.78, 5) is 12.6. The number of rotatable bonds is 9. The predicted octanol–water partition coefficient (Wildman–Crippen LogP) is 5.10. The average molecular weight is 417 g/mol. The first-order valence-corrected chi connectivity index (χ1v) is 11.6. The fraction of sp³-hybridized carbons (Fsp3) is 0.435. The molecule has 0 aromatic heterocycles. The lowest BCUT2D eigenvalue weighted by atomic mass is 9.87. The van der Waals surface area contributed by atoms with Crippen LogP contribution in [-0.4, -0.2) is 20.9 Å². The zero-order valence-electron chi connectivity index (χ0n) is 17.8. The standard InChI is InChI=1S/C23H32N2O3S/c1-5-6-7-8-17-24-29(27,28)21-15-13-20(14-16-21)25-22(26)18-9-11-19(12-10-18)23(2,3)4/h9-16,24H,5-8,17H2,1-4H3,(H,25,26). The Labute approximate surface area is 175 Å². The minimum Gasteiger partial charge on any atom is -0.322 e. The third-order valence-electron chi connectivity index (χ3n) is 4.76. The van der Waals surface area contributed by atoms with Crippen LogP contribution in [0.2, 0.25) is 0 Å². The summed E-state index contributed by atoms with van der Waals surface area (Å²) in [5.74, 6) is -0.227. The van der Waals surface area contributed by atoms with Gasteiger partial charge < -0.3 is 5.32 Å². The number of hydrogen-bond donors (Lipinski definition) is 2. The Morgan fingerprint density at radius 3 is 2.07 bits per heavy atom. The van der Waals surface area contributed by atoms with E-state index in [-0.39, 0.29) is 16.2 Å². The maximum Gasteiger partial charge on any atom is 0.255 e. The molecule has 2 N–H and O–H groups in total. The van der Waals surface area contributed by atoms with E-state index in [1.165, 1.54) is 12.1 Å².